The number of nitro benzene ring substituents is 2. The minimum atomic E-state index is -4.73. The van der Waals surface area contributed by atoms with Crippen LogP contribution >= 0.6 is 0 Å². The van der Waals surface area contributed by atoms with Gasteiger partial charge in [0.1, 0.15) is 43.1 Å². The number of phenols is 2. The van der Waals surface area contributed by atoms with Crippen LogP contribution in [-0.2, 0) is 20.2 Å². The minimum absolute atomic E-state index is 0. The Morgan fingerprint density at radius 1 is 0.509 bits per heavy atom. The first-order valence-corrected chi connectivity index (χ1v) is 17.9. The summed E-state index contributed by atoms with van der Waals surface area (Å²) in [7, 11) is -9.45. The molecule has 0 aromatic heterocycles. The van der Waals surface area contributed by atoms with Gasteiger partial charge in [-0.3, -0.25) is 20.2 Å². The van der Waals surface area contributed by atoms with Crippen molar-refractivity contribution in [2.24, 2.45) is 20.5 Å². The number of nitro groups is 2. The Morgan fingerprint density at radius 2 is 0.855 bits per heavy atom. The average molecular weight is 910 g/mol. The van der Waals surface area contributed by atoms with Crippen molar-refractivity contribution in [1.82, 2.24) is 0 Å². The van der Waals surface area contributed by atoms with Crippen molar-refractivity contribution in [3.8, 4) is 11.5 Å². The third-order valence-electron chi connectivity index (χ3n) is 7.94. The van der Waals surface area contributed by atoms with Crippen LogP contribution in [0.2, 0.25) is 0 Å². The predicted molar refractivity (Wildman–Crippen MR) is 197 cm³/mol. The van der Waals surface area contributed by atoms with Gasteiger partial charge in [-0.15, -0.1) is 20.5 Å². The molecule has 0 heterocycles. The van der Waals surface area contributed by atoms with E-state index in [9.17, 15) is 56.4 Å². The molecule has 0 radical (unpaired) electrons. The van der Waals surface area contributed by atoms with Crippen LogP contribution in [0.25, 0.3) is 21.5 Å². The number of hydrogen-bond acceptors (Lipinski definition) is 16. The number of rotatable bonds is 8. The van der Waals surface area contributed by atoms with Crippen LogP contribution in [0.15, 0.2) is 127 Å². The molecule has 0 unspecified atom stereocenters. The quantitative estimate of drug-likeness (QED) is 0.0486. The SMILES string of the molecule is Cc1c(N=Nc2c(O)ccc3c(S(=O)(=O)[O-])cccc23)cccc1[N+](=O)[O-].Cc1c(N=Nc2c(O)ccc3c(S(=O)(=O)[O-])cccc23)cccc1[N+](=O)[O-].[Ba+2]. The second kappa shape index (κ2) is 17.1. The fourth-order valence-electron chi connectivity index (χ4n) is 5.29. The Hall–Kier alpha value is -5.17. The number of hydrogen-bond donors (Lipinski definition) is 2. The maximum absolute atomic E-state index is 11.4. The molecular formula is C34H24BaN6O12S2. The summed E-state index contributed by atoms with van der Waals surface area (Å²) in [6.45, 7) is 3.02. The van der Waals surface area contributed by atoms with Crippen molar-refractivity contribution < 1.29 is 46.0 Å². The van der Waals surface area contributed by atoms with Gasteiger partial charge in [-0.05, 0) is 62.4 Å². The third-order valence-corrected chi connectivity index (χ3v) is 9.73. The summed E-state index contributed by atoms with van der Waals surface area (Å²) >= 11 is 0. The zero-order valence-corrected chi connectivity index (χ0v) is 34.5. The maximum atomic E-state index is 11.4. The first kappa shape index (κ1) is 42.6. The topological polar surface area (TPSA) is 291 Å². The molecule has 0 saturated carbocycles. The number of aromatic hydroxyl groups is 2. The van der Waals surface area contributed by atoms with Crippen LogP contribution in [0, 0.1) is 34.1 Å². The second-order valence-corrected chi connectivity index (χ2v) is 13.9. The van der Waals surface area contributed by atoms with Crippen molar-refractivity contribution in [3.05, 3.63) is 128 Å². The van der Waals surface area contributed by atoms with Crippen LogP contribution in [0.5, 0.6) is 11.5 Å². The van der Waals surface area contributed by atoms with Gasteiger partial charge in [0.2, 0.25) is 0 Å². The van der Waals surface area contributed by atoms with Gasteiger partial charge in [0.25, 0.3) is 11.4 Å². The normalized spacial score (nSPS) is 11.7. The summed E-state index contributed by atoms with van der Waals surface area (Å²) in [4.78, 5) is 20.1. The molecule has 21 heteroatoms. The molecule has 6 aromatic carbocycles. The van der Waals surface area contributed by atoms with E-state index in [0.717, 1.165) is 12.1 Å². The first-order chi connectivity index (χ1) is 25.4. The zero-order valence-electron chi connectivity index (χ0n) is 28.4. The van der Waals surface area contributed by atoms with Crippen molar-refractivity contribution in [1.29, 1.82) is 0 Å². The summed E-state index contributed by atoms with van der Waals surface area (Å²) in [5.74, 6) is -0.565. The molecule has 2 N–H and O–H groups in total. The van der Waals surface area contributed by atoms with Gasteiger partial charge in [0.05, 0.1) is 42.1 Å². The van der Waals surface area contributed by atoms with E-state index in [4.69, 9.17) is 0 Å². The Bertz CT molecular complexity index is 2610. The molecule has 0 fully saturated rings. The van der Waals surface area contributed by atoms with Crippen molar-refractivity contribution in [2.75, 3.05) is 0 Å². The molecular weight excluding hydrogens is 886 g/mol. The van der Waals surface area contributed by atoms with Crippen LogP contribution in [0.1, 0.15) is 11.1 Å². The fourth-order valence-corrected chi connectivity index (χ4v) is 6.68. The molecule has 0 amide bonds. The summed E-state index contributed by atoms with van der Waals surface area (Å²) in [5.41, 5.74) is 0.637. The van der Waals surface area contributed by atoms with E-state index in [1.165, 1.54) is 98.8 Å². The van der Waals surface area contributed by atoms with Gasteiger partial charge in [-0.2, -0.15) is 0 Å². The number of nitrogens with zero attached hydrogens (tertiary/aromatic N) is 6. The molecule has 18 nitrogen and oxygen atoms in total. The van der Waals surface area contributed by atoms with E-state index in [-0.39, 0.29) is 127 Å². The van der Waals surface area contributed by atoms with E-state index in [0.29, 0.717) is 0 Å². The van der Waals surface area contributed by atoms with Gasteiger partial charge < -0.3 is 19.3 Å². The third kappa shape index (κ3) is 9.38. The molecule has 6 rings (SSSR count). The van der Waals surface area contributed by atoms with Crippen molar-refractivity contribution >= 4 is 125 Å². The molecule has 0 spiro atoms. The van der Waals surface area contributed by atoms with Gasteiger partial charge in [0, 0.05) is 33.7 Å². The first-order valence-electron chi connectivity index (χ1n) is 15.1. The molecule has 0 bridgehead atoms. The van der Waals surface area contributed by atoms with Crippen LogP contribution < -0.4 is 0 Å². The van der Waals surface area contributed by atoms with Gasteiger partial charge in [-0.1, -0.05) is 36.4 Å². The number of benzene rings is 6. The Balaban J connectivity index is 0.000000240. The Morgan fingerprint density at radius 3 is 1.18 bits per heavy atom. The monoisotopic (exact) mass is 910 g/mol. The van der Waals surface area contributed by atoms with E-state index >= 15 is 0 Å². The smallest absolute Gasteiger partial charge is 0.744 e. The fraction of sp³-hybridized carbons (Fsp3) is 0.0588. The largest absolute Gasteiger partial charge is 2.00 e. The zero-order chi connectivity index (χ0) is 39.5. The molecule has 0 saturated heterocycles. The molecule has 55 heavy (non-hydrogen) atoms. The molecule has 0 aliphatic carbocycles. The standard InChI is InChI=1S/2C17H13N3O6S.Ba/c2*1-10-13(5-3-6-14(10)20(22)23)18-19-17-12-4-2-7-16(27(24,25)26)11(12)8-9-15(17)21;/h2*2-9,21H,1H3,(H,24,25,26);/q;;+2/p-2. The molecule has 0 aliphatic heterocycles. The summed E-state index contributed by atoms with van der Waals surface area (Å²) in [6, 6.07) is 21.6. The molecule has 0 aliphatic rings. The summed E-state index contributed by atoms with van der Waals surface area (Å²) < 4.78 is 68.6. The number of fused-ring (bicyclic) bond motifs is 2. The molecule has 276 valence electrons. The van der Waals surface area contributed by atoms with E-state index in [1.807, 2.05) is 0 Å². The van der Waals surface area contributed by atoms with Gasteiger partial charge in [-0.25, -0.2) is 16.8 Å². The number of phenolic OH excluding ortho intramolecular Hbond substituents is 2. The maximum Gasteiger partial charge on any atom is 2.00 e. The minimum Gasteiger partial charge on any atom is -0.744 e. The van der Waals surface area contributed by atoms with E-state index in [1.54, 1.807) is 0 Å². The Labute approximate surface area is 351 Å². The van der Waals surface area contributed by atoms with E-state index < -0.39 is 39.9 Å². The predicted octanol–water partition coefficient (Wildman–Crippen LogP) is 7.78. The van der Waals surface area contributed by atoms with Gasteiger partial charge >= 0.3 is 48.9 Å². The average Bonchev–Trinajstić information content (AvgIpc) is 3.10. The summed E-state index contributed by atoms with van der Waals surface area (Å²) in [5, 5.41) is 58.6. The van der Waals surface area contributed by atoms with Crippen LogP contribution in [-0.4, -0.2) is 94.9 Å². The molecule has 6 aromatic rings. The van der Waals surface area contributed by atoms with Gasteiger partial charge in [0.15, 0.2) is 0 Å². The van der Waals surface area contributed by atoms with Crippen LogP contribution in [0.4, 0.5) is 34.1 Å². The second-order valence-electron chi connectivity index (χ2n) is 11.2. The van der Waals surface area contributed by atoms with E-state index in [2.05, 4.69) is 20.5 Å². The van der Waals surface area contributed by atoms with Crippen molar-refractivity contribution in [2.45, 2.75) is 23.6 Å². The van der Waals surface area contributed by atoms with Crippen molar-refractivity contribution in [3.63, 3.8) is 0 Å². The summed E-state index contributed by atoms with van der Waals surface area (Å²) in [6.07, 6.45) is 0. The molecule has 0 atom stereocenters. The van der Waals surface area contributed by atoms with Crippen LogP contribution in [0.3, 0.4) is 0 Å². The number of azo groups is 2. The Kier molecular flexibility index (Phi) is 13.2.